The summed E-state index contributed by atoms with van der Waals surface area (Å²) in [5.41, 5.74) is 8.27. The Kier molecular flexibility index (Phi) is 7.55. The van der Waals surface area contributed by atoms with Crippen LogP contribution in [-0.2, 0) is 0 Å². The SMILES string of the molecule is Cc1cccc(N2CCC(Nc3cc(C(=O)N4CCN(c5ccccc5C#N)CC4)c(C)cc3C)CC2)c1. The lowest BCUT2D eigenvalue weighted by molar-refractivity contribution is 0.0746. The van der Waals surface area contributed by atoms with Crippen molar-refractivity contribution in [3.8, 4) is 6.07 Å². The van der Waals surface area contributed by atoms with E-state index >= 15 is 0 Å². The second-order valence-corrected chi connectivity index (χ2v) is 10.6. The molecular formula is C32H37N5O. The van der Waals surface area contributed by atoms with E-state index in [-0.39, 0.29) is 5.91 Å². The maximum Gasteiger partial charge on any atom is 0.254 e. The zero-order chi connectivity index (χ0) is 26.6. The molecule has 2 aliphatic heterocycles. The first-order valence-corrected chi connectivity index (χ1v) is 13.7. The van der Waals surface area contributed by atoms with Crippen LogP contribution in [0.25, 0.3) is 0 Å². The standard InChI is InChI=1S/C32H37N5O/c1-23-7-6-9-28(19-23)35-13-11-27(12-14-35)34-30-21-29(24(2)20-25(30)3)32(38)37-17-15-36(16-18-37)31-10-5-4-8-26(31)22-33/h4-10,19-21,27,34H,11-18H2,1-3H3. The van der Waals surface area contributed by atoms with Gasteiger partial charge in [-0.25, -0.2) is 0 Å². The maximum atomic E-state index is 13.6. The summed E-state index contributed by atoms with van der Waals surface area (Å²) in [6.45, 7) is 11.1. The summed E-state index contributed by atoms with van der Waals surface area (Å²) in [6, 6.07) is 23.3. The fraction of sp³-hybridized carbons (Fsp3) is 0.375. The van der Waals surface area contributed by atoms with Crippen molar-refractivity contribution in [2.45, 2.75) is 39.7 Å². The van der Waals surface area contributed by atoms with E-state index in [1.807, 2.05) is 36.1 Å². The lowest BCUT2D eigenvalue weighted by Crippen LogP contribution is -2.49. The fourth-order valence-electron chi connectivity index (χ4n) is 5.73. The highest BCUT2D eigenvalue weighted by Gasteiger charge is 2.26. The summed E-state index contributed by atoms with van der Waals surface area (Å²) in [6.07, 6.45) is 2.13. The third-order valence-corrected chi connectivity index (χ3v) is 7.96. The molecule has 3 aromatic rings. The number of anilines is 3. The monoisotopic (exact) mass is 507 g/mol. The quantitative estimate of drug-likeness (QED) is 0.492. The number of nitrogens with one attached hydrogen (secondary N) is 1. The molecule has 38 heavy (non-hydrogen) atoms. The molecule has 2 heterocycles. The molecule has 0 aromatic heterocycles. The van der Waals surface area contributed by atoms with Crippen LogP contribution in [0.3, 0.4) is 0 Å². The van der Waals surface area contributed by atoms with Crippen LogP contribution >= 0.6 is 0 Å². The molecule has 0 saturated carbocycles. The number of benzene rings is 3. The Bertz CT molecular complexity index is 1340. The van der Waals surface area contributed by atoms with Crippen LogP contribution in [0.2, 0.25) is 0 Å². The lowest BCUT2D eigenvalue weighted by atomic mass is 9.99. The van der Waals surface area contributed by atoms with Crippen molar-refractivity contribution in [1.82, 2.24) is 4.90 Å². The Morgan fingerprint density at radius 3 is 2.29 bits per heavy atom. The van der Waals surface area contributed by atoms with Crippen LogP contribution < -0.4 is 15.1 Å². The molecule has 5 rings (SSSR count). The van der Waals surface area contributed by atoms with Gasteiger partial charge >= 0.3 is 0 Å². The molecule has 1 amide bonds. The van der Waals surface area contributed by atoms with Crippen LogP contribution in [0.4, 0.5) is 17.1 Å². The van der Waals surface area contributed by atoms with E-state index in [9.17, 15) is 10.1 Å². The Morgan fingerprint density at radius 1 is 0.842 bits per heavy atom. The van der Waals surface area contributed by atoms with Gasteiger partial charge in [0.1, 0.15) is 6.07 Å². The number of aryl methyl sites for hydroxylation is 3. The van der Waals surface area contributed by atoms with E-state index in [2.05, 4.69) is 71.4 Å². The van der Waals surface area contributed by atoms with Crippen molar-refractivity contribution < 1.29 is 4.79 Å². The molecule has 0 spiro atoms. The molecule has 0 bridgehead atoms. The molecule has 196 valence electrons. The average molecular weight is 508 g/mol. The largest absolute Gasteiger partial charge is 0.382 e. The molecule has 2 saturated heterocycles. The highest BCUT2D eigenvalue weighted by molar-refractivity contribution is 5.97. The number of carbonyl (C=O) groups is 1. The minimum Gasteiger partial charge on any atom is -0.382 e. The molecule has 0 aliphatic carbocycles. The van der Waals surface area contributed by atoms with E-state index in [4.69, 9.17) is 0 Å². The molecule has 1 N–H and O–H groups in total. The number of nitriles is 1. The van der Waals surface area contributed by atoms with Gasteiger partial charge in [0.2, 0.25) is 0 Å². The summed E-state index contributed by atoms with van der Waals surface area (Å²) >= 11 is 0. The predicted molar refractivity (Wildman–Crippen MR) is 155 cm³/mol. The van der Waals surface area contributed by atoms with E-state index < -0.39 is 0 Å². The van der Waals surface area contributed by atoms with Gasteiger partial charge in [-0.3, -0.25) is 4.79 Å². The molecule has 3 aromatic carbocycles. The van der Waals surface area contributed by atoms with Crippen molar-refractivity contribution >= 4 is 23.0 Å². The van der Waals surface area contributed by atoms with Gasteiger partial charge in [0.05, 0.1) is 11.3 Å². The van der Waals surface area contributed by atoms with Crippen LogP contribution in [0.1, 0.15) is 45.5 Å². The number of hydrogen-bond donors (Lipinski definition) is 1. The molecule has 0 unspecified atom stereocenters. The minimum absolute atomic E-state index is 0.0908. The number of piperazine rings is 1. The maximum absolute atomic E-state index is 13.6. The van der Waals surface area contributed by atoms with Crippen LogP contribution in [0, 0.1) is 32.1 Å². The first kappa shape index (κ1) is 25.7. The minimum atomic E-state index is 0.0908. The lowest BCUT2D eigenvalue weighted by Gasteiger charge is -2.37. The Hall–Kier alpha value is -3.98. The Balaban J connectivity index is 1.22. The van der Waals surface area contributed by atoms with Crippen molar-refractivity contribution in [1.29, 1.82) is 5.26 Å². The van der Waals surface area contributed by atoms with Crippen molar-refractivity contribution in [3.05, 3.63) is 88.5 Å². The average Bonchev–Trinajstić information content (AvgIpc) is 2.94. The van der Waals surface area contributed by atoms with Gasteiger partial charge in [0.25, 0.3) is 5.91 Å². The summed E-state index contributed by atoms with van der Waals surface area (Å²) in [5, 5.41) is 13.2. The highest BCUT2D eigenvalue weighted by Crippen LogP contribution is 2.28. The van der Waals surface area contributed by atoms with Crippen molar-refractivity contribution in [2.24, 2.45) is 0 Å². The molecule has 0 atom stereocenters. The van der Waals surface area contributed by atoms with E-state index in [0.717, 1.165) is 61.5 Å². The second-order valence-electron chi connectivity index (χ2n) is 10.6. The van der Waals surface area contributed by atoms with Gasteiger partial charge in [-0.2, -0.15) is 5.26 Å². The number of nitrogens with zero attached hydrogens (tertiary/aromatic N) is 4. The molecule has 6 nitrogen and oxygen atoms in total. The van der Waals surface area contributed by atoms with Gasteiger partial charge in [-0.05, 0) is 80.6 Å². The van der Waals surface area contributed by atoms with E-state index in [1.165, 1.54) is 16.8 Å². The third-order valence-electron chi connectivity index (χ3n) is 7.96. The Morgan fingerprint density at radius 2 is 1.58 bits per heavy atom. The van der Waals surface area contributed by atoms with Crippen LogP contribution in [0.5, 0.6) is 0 Å². The smallest absolute Gasteiger partial charge is 0.254 e. The summed E-state index contributed by atoms with van der Waals surface area (Å²) in [4.78, 5) is 20.2. The van der Waals surface area contributed by atoms with Crippen LogP contribution in [-0.4, -0.2) is 56.1 Å². The fourth-order valence-corrected chi connectivity index (χ4v) is 5.73. The molecule has 2 aliphatic rings. The summed E-state index contributed by atoms with van der Waals surface area (Å²) in [5.74, 6) is 0.0908. The molecule has 0 radical (unpaired) electrons. The third kappa shape index (κ3) is 5.47. The number of para-hydroxylation sites is 1. The Labute approximate surface area is 226 Å². The van der Waals surface area contributed by atoms with Gasteiger partial charge in [0, 0.05) is 62.2 Å². The number of piperidine rings is 1. The van der Waals surface area contributed by atoms with Gasteiger partial charge in [0.15, 0.2) is 0 Å². The van der Waals surface area contributed by atoms with Gasteiger partial charge in [-0.15, -0.1) is 0 Å². The number of amides is 1. The van der Waals surface area contributed by atoms with E-state index in [1.54, 1.807) is 0 Å². The van der Waals surface area contributed by atoms with Gasteiger partial charge < -0.3 is 20.0 Å². The second kappa shape index (κ2) is 11.2. The normalized spacial score (nSPS) is 16.3. The van der Waals surface area contributed by atoms with Crippen LogP contribution in [0.15, 0.2) is 60.7 Å². The van der Waals surface area contributed by atoms with Crippen molar-refractivity contribution in [2.75, 3.05) is 54.4 Å². The summed E-state index contributed by atoms with van der Waals surface area (Å²) in [7, 11) is 0. The first-order chi connectivity index (χ1) is 18.4. The van der Waals surface area contributed by atoms with Gasteiger partial charge in [-0.1, -0.05) is 30.3 Å². The zero-order valence-corrected chi connectivity index (χ0v) is 22.7. The van der Waals surface area contributed by atoms with Crippen molar-refractivity contribution in [3.63, 3.8) is 0 Å². The molecular weight excluding hydrogens is 470 g/mol. The number of hydrogen-bond acceptors (Lipinski definition) is 5. The highest BCUT2D eigenvalue weighted by atomic mass is 16.2. The topological polar surface area (TPSA) is 62.6 Å². The first-order valence-electron chi connectivity index (χ1n) is 13.7. The zero-order valence-electron chi connectivity index (χ0n) is 22.7. The molecule has 6 heteroatoms. The summed E-state index contributed by atoms with van der Waals surface area (Å²) < 4.78 is 0. The molecule has 2 fully saturated rings. The van der Waals surface area contributed by atoms with E-state index in [0.29, 0.717) is 24.7 Å². The number of rotatable bonds is 5. The predicted octanol–water partition coefficient (Wildman–Crippen LogP) is 5.53. The number of carbonyl (C=O) groups excluding carboxylic acids is 1.